The highest BCUT2D eigenvalue weighted by atomic mass is 16.2. The Kier molecular flexibility index (Phi) is 2.03. The van der Waals surface area contributed by atoms with Crippen molar-refractivity contribution in [3.63, 3.8) is 0 Å². The van der Waals surface area contributed by atoms with Gasteiger partial charge in [-0.25, -0.2) is 4.68 Å². The van der Waals surface area contributed by atoms with Gasteiger partial charge in [0, 0.05) is 19.3 Å². The molecule has 0 aliphatic carbocycles. The van der Waals surface area contributed by atoms with Gasteiger partial charge in [0.05, 0.1) is 6.20 Å². The quantitative estimate of drug-likeness (QED) is 0.721. The maximum absolute atomic E-state index is 11.9. The number of rotatable bonds is 1. The lowest BCUT2D eigenvalue weighted by molar-refractivity contribution is 0.0935. The van der Waals surface area contributed by atoms with E-state index in [0.717, 1.165) is 5.56 Å². The van der Waals surface area contributed by atoms with E-state index in [-0.39, 0.29) is 5.91 Å². The molecule has 0 amide bonds. The van der Waals surface area contributed by atoms with E-state index in [1.807, 2.05) is 6.92 Å². The number of carbonyl (C=O) groups is 1. The fourth-order valence-corrected chi connectivity index (χ4v) is 1.33. The van der Waals surface area contributed by atoms with Crippen LogP contribution in [0.4, 0.5) is 5.82 Å². The number of anilines is 1. The second kappa shape index (κ2) is 3.23. The molecule has 0 unspecified atom stereocenters. The highest BCUT2D eigenvalue weighted by Crippen LogP contribution is 2.06. The first kappa shape index (κ1) is 9.45. The summed E-state index contributed by atoms with van der Waals surface area (Å²) in [7, 11) is 1.67. The molecule has 0 radical (unpaired) electrons. The molecule has 78 valence electrons. The van der Waals surface area contributed by atoms with E-state index < -0.39 is 0 Å². The Labute approximate surface area is 86.3 Å². The van der Waals surface area contributed by atoms with Crippen LogP contribution in [-0.4, -0.2) is 25.5 Å². The van der Waals surface area contributed by atoms with Crippen molar-refractivity contribution in [1.82, 2.24) is 19.6 Å². The largest absolute Gasteiger partial charge is 0.382 e. The van der Waals surface area contributed by atoms with E-state index in [0.29, 0.717) is 11.5 Å². The zero-order chi connectivity index (χ0) is 11.0. The van der Waals surface area contributed by atoms with Gasteiger partial charge in [0.1, 0.15) is 11.5 Å². The summed E-state index contributed by atoms with van der Waals surface area (Å²) in [6.07, 6.45) is 3.28. The summed E-state index contributed by atoms with van der Waals surface area (Å²) in [5, 5.41) is 7.82. The standard InChI is InChI=1S/C9H11N5O/c1-6-4-11-14(5-6)9(15)7-3-8(10)12-13(7)2/h3-5H,1-2H3,(H2,10,12). The molecule has 2 aromatic heterocycles. The van der Waals surface area contributed by atoms with Gasteiger partial charge >= 0.3 is 0 Å². The molecule has 0 spiro atoms. The SMILES string of the molecule is Cc1cnn(C(=O)c2cc(N)nn2C)c1. The number of hydrogen-bond donors (Lipinski definition) is 1. The Morgan fingerprint density at radius 1 is 1.53 bits per heavy atom. The Morgan fingerprint density at radius 2 is 2.27 bits per heavy atom. The van der Waals surface area contributed by atoms with Gasteiger partial charge in [0.2, 0.25) is 0 Å². The predicted octanol–water partition coefficient (Wildman–Crippen LogP) is 0.196. The van der Waals surface area contributed by atoms with Crippen molar-refractivity contribution in [2.24, 2.45) is 7.05 Å². The van der Waals surface area contributed by atoms with Gasteiger partial charge in [-0.1, -0.05) is 0 Å². The van der Waals surface area contributed by atoms with Crippen molar-refractivity contribution in [1.29, 1.82) is 0 Å². The summed E-state index contributed by atoms with van der Waals surface area (Å²) in [5.74, 6) is 0.0829. The lowest BCUT2D eigenvalue weighted by Gasteiger charge is -1.99. The second-order valence-electron chi connectivity index (χ2n) is 3.35. The molecule has 0 saturated heterocycles. The molecule has 6 nitrogen and oxygen atoms in total. The third-order valence-corrected chi connectivity index (χ3v) is 2.04. The van der Waals surface area contributed by atoms with Crippen LogP contribution in [-0.2, 0) is 7.05 Å². The average molecular weight is 205 g/mol. The Morgan fingerprint density at radius 3 is 2.73 bits per heavy atom. The van der Waals surface area contributed by atoms with E-state index in [2.05, 4.69) is 10.2 Å². The Balaban J connectivity index is 2.40. The van der Waals surface area contributed by atoms with Crippen LogP contribution in [0.1, 0.15) is 16.1 Å². The minimum Gasteiger partial charge on any atom is -0.382 e. The maximum Gasteiger partial charge on any atom is 0.296 e. The average Bonchev–Trinajstić information content (AvgIpc) is 2.71. The van der Waals surface area contributed by atoms with Crippen molar-refractivity contribution in [3.8, 4) is 0 Å². The van der Waals surface area contributed by atoms with Crippen LogP contribution >= 0.6 is 0 Å². The molecule has 0 saturated carbocycles. The van der Waals surface area contributed by atoms with Crippen LogP contribution in [0.2, 0.25) is 0 Å². The minimum atomic E-state index is -0.241. The van der Waals surface area contributed by atoms with Gasteiger partial charge in [0.15, 0.2) is 0 Å². The monoisotopic (exact) mass is 205 g/mol. The van der Waals surface area contributed by atoms with Gasteiger partial charge in [-0.15, -0.1) is 0 Å². The summed E-state index contributed by atoms with van der Waals surface area (Å²) in [6, 6.07) is 1.53. The first-order valence-electron chi connectivity index (χ1n) is 4.43. The highest BCUT2D eigenvalue weighted by molar-refractivity contribution is 5.94. The van der Waals surface area contributed by atoms with Gasteiger partial charge in [-0.2, -0.15) is 10.2 Å². The number of carbonyl (C=O) groups excluding carboxylic acids is 1. The van der Waals surface area contributed by atoms with Crippen LogP contribution in [0.5, 0.6) is 0 Å². The lowest BCUT2D eigenvalue weighted by atomic mass is 10.4. The van der Waals surface area contributed by atoms with Crippen molar-refractivity contribution in [2.75, 3.05) is 5.73 Å². The smallest absolute Gasteiger partial charge is 0.296 e. The van der Waals surface area contributed by atoms with E-state index in [1.165, 1.54) is 15.4 Å². The van der Waals surface area contributed by atoms with Crippen molar-refractivity contribution in [3.05, 3.63) is 29.7 Å². The van der Waals surface area contributed by atoms with Crippen LogP contribution in [0, 0.1) is 6.92 Å². The third kappa shape index (κ3) is 1.61. The first-order valence-corrected chi connectivity index (χ1v) is 4.43. The molecule has 2 N–H and O–H groups in total. The topological polar surface area (TPSA) is 78.7 Å². The van der Waals surface area contributed by atoms with Gasteiger partial charge < -0.3 is 5.73 Å². The maximum atomic E-state index is 11.9. The molecular formula is C9H11N5O. The normalized spacial score (nSPS) is 10.5. The van der Waals surface area contributed by atoms with Crippen molar-refractivity contribution in [2.45, 2.75) is 6.92 Å². The zero-order valence-electron chi connectivity index (χ0n) is 8.51. The molecule has 6 heteroatoms. The molecule has 0 aromatic carbocycles. The summed E-state index contributed by atoms with van der Waals surface area (Å²) in [6.45, 7) is 1.87. The molecule has 15 heavy (non-hydrogen) atoms. The lowest BCUT2D eigenvalue weighted by Crippen LogP contribution is -2.16. The van der Waals surface area contributed by atoms with Crippen molar-refractivity contribution >= 4 is 11.7 Å². The number of aromatic nitrogens is 4. The fourth-order valence-electron chi connectivity index (χ4n) is 1.33. The van der Waals surface area contributed by atoms with Gasteiger partial charge in [0.25, 0.3) is 5.91 Å². The molecule has 2 rings (SSSR count). The first-order chi connectivity index (χ1) is 7.08. The molecule has 2 heterocycles. The Hall–Kier alpha value is -2.11. The molecule has 2 aromatic rings. The van der Waals surface area contributed by atoms with E-state index in [9.17, 15) is 4.79 Å². The number of nitrogen functional groups attached to an aromatic ring is 1. The Bertz CT molecular complexity index is 510. The molecule has 0 aliphatic heterocycles. The fraction of sp³-hybridized carbons (Fsp3) is 0.222. The highest BCUT2D eigenvalue weighted by Gasteiger charge is 2.14. The summed E-state index contributed by atoms with van der Waals surface area (Å²) < 4.78 is 2.71. The summed E-state index contributed by atoms with van der Waals surface area (Å²) in [5.41, 5.74) is 6.83. The van der Waals surface area contributed by atoms with Crippen LogP contribution in [0.25, 0.3) is 0 Å². The molecule has 0 atom stereocenters. The van der Waals surface area contributed by atoms with Crippen LogP contribution < -0.4 is 5.73 Å². The van der Waals surface area contributed by atoms with Crippen LogP contribution in [0.3, 0.4) is 0 Å². The number of hydrogen-bond acceptors (Lipinski definition) is 4. The number of nitrogens with two attached hydrogens (primary N) is 1. The van der Waals surface area contributed by atoms with Crippen molar-refractivity contribution < 1.29 is 4.79 Å². The number of nitrogens with zero attached hydrogens (tertiary/aromatic N) is 4. The van der Waals surface area contributed by atoms with Gasteiger partial charge in [-0.05, 0) is 12.5 Å². The minimum absolute atomic E-state index is 0.241. The summed E-state index contributed by atoms with van der Waals surface area (Å²) in [4.78, 5) is 11.9. The molecular weight excluding hydrogens is 194 g/mol. The molecule has 0 fully saturated rings. The zero-order valence-corrected chi connectivity index (χ0v) is 8.51. The molecule has 0 aliphatic rings. The van der Waals surface area contributed by atoms with Gasteiger partial charge in [-0.3, -0.25) is 9.48 Å². The van der Waals surface area contributed by atoms with E-state index in [1.54, 1.807) is 19.4 Å². The molecule has 0 bridgehead atoms. The second-order valence-corrected chi connectivity index (χ2v) is 3.35. The predicted molar refractivity (Wildman–Crippen MR) is 54.3 cm³/mol. The summed E-state index contributed by atoms with van der Waals surface area (Å²) >= 11 is 0. The van der Waals surface area contributed by atoms with Crippen LogP contribution in [0.15, 0.2) is 18.5 Å². The van der Waals surface area contributed by atoms with E-state index in [4.69, 9.17) is 5.73 Å². The number of aryl methyl sites for hydroxylation is 2. The third-order valence-electron chi connectivity index (χ3n) is 2.04. The van der Waals surface area contributed by atoms with E-state index >= 15 is 0 Å².